The molecule has 1 atom stereocenters. The van der Waals surface area contributed by atoms with Crippen molar-refractivity contribution in [3.63, 3.8) is 0 Å². The van der Waals surface area contributed by atoms with E-state index in [1.165, 1.54) is 6.20 Å². The quantitative estimate of drug-likeness (QED) is 0.890. The molecule has 1 saturated heterocycles. The standard InChI is InChI=1S/C17H19N3O5/c1-17(2)23-11-13(25-17)10-22-14-8-9-18-15(19-14)20-16(21)24-12-6-4-3-5-7-12/h3-9,13H,10-11H2,1-2H3,(H,18,19,20,21)/t13-/m1/s1. The van der Waals surface area contributed by atoms with Crippen LogP contribution < -0.4 is 14.8 Å². The fourth-order valence-corrected chi connectivity index (χ4v) is 2.22. The van der Waals surface area contributed by atoms with Crippen molar-refractivity contribution in [3.8, 4) is 11.6 Å². The van der Waals surface area contributed by atoms with E-state index in [9.17, 15) is 4.79 Å². The minimum absolute atomic E-state index is 0.0855. The number of nitrogens with zero attached hydrogens (tertiary/aromatic N) is 2. The van der Waals surface area contributed by atoms with Crippen LogP contribution in [0.3, 0.4) is 0 Å². The molecule has 0 saturated carbocycles. The fourth-order valence-electron chi connectivity index (χ4n) is 2.22. The molecule has 0 radical (unpaired) electrons. The van der Waals surface area contributed by atoms with E-state index >= 15 is 0 Å². The zero-order valence-corrected chi connectivity index (χ0v) is 14.0. The summed E-state index contributed by atoms with van der Waals surface area (Å²) in [5, 5.41) is 2.45. The highest BCUT2D eigenvalue weighted by Crippen LogP contribution is 2.22. The number of rotatable bonds is 5. The van der Waals surface area contributed by atoms with Gasteiger partial charge < -0.3 is 18.9 Å². The Balaban J connectivity index is 1.52. The van der Waals surface area contributed by atoms with Crippen molar-refractivity contribution in [2.45, 2.75) is 25.7 Å². The van der Waals surface area contributed by atoms with Gasteiger partial charge in [-0.25, -0.2) is 9.78 Å². The van der Waals surface area contributed by atoms with Crippen molar-refractivity contribution >= 4 is 12.0 Å². The van der Waals surface area contributed by atoms with E-state index in [-0.39, 0.29) is 18.7 Å². The van der Waals surface area contributed by atoms with E-state index in [1.807, 2.05) is 19.9 Å². The van der Waals surface area contributed by atoms with Crippen molar-refractivity contribution in [2.75, 3.05) is 18.5 Å². The highest BCUT2D eigenvalue weighted by molar-refractivity contribution is 5.84. The number of para-hydroxylation sites is 1. The second-order valence-electron chi connectivity index (χ2n) is 5.81. The van der Waals surface area contributed by atoms with Crippen molar-refractivity contribution in [3.05, 3.63) is 42.6 Å². The molecule has 2 heterocycles. The molecule has 8 heteroatoms. The molecule has 0 bridgehead atoms. The Morgan fingerprint density at radius 3 is 2.84 bits per heavy atom. The number of hydrogen-bond acceptors (Lipinski definition) is 7. The van der Waals surface area contributed by atoms with E-state index in [1.54, 1.807) is 30.3 Å². The van der Waals surface area contributed by atoms with Crippen molar-refractivity contribution < 1.29 is 23.7 Å². The van der Waals surface area contributed by atoms with E-state index in [2.05, 4.69) is 15.3 Å². The van der Waals surface area contributed by atoms with Gasteiger partial charge in [-0.05, 0) is 26.0 Å². The SMILES string of the molecule is CC1(C)OC[C@@H](COc2ccnc(NC(=O)Oc3ccccc3)n2)O1. The smallest absolute Gasteiger partial charge is 0.419 e. The number of hydrogen-bond donors (Lipinski definition) is 1. The normalized spacial score (nSPS) is 18.6. The first-order chi connectivity index (χ1) is 12.0. The third-order valence-corrected chi connectivity index (χ3v) is 3.28. The van der Waals surface area contributed by atoms with Gasteiger partial charge in [-0.1, -0.05) is 18.2 Å². The minimum Gasteiger partial charge on any atom is -0.475 e. The van der Waals surface area contributed by atoms with E-state index in [4.69, 9.17) is 18.9 Å². The molecule has 3 rings (SSSR count). The Morgan fingerprint density at radius 2 is 2.12 bits per heavy atom. The van der Waals surface area contributed by atoms with Crippen LogP contribution in [0.5, 0.6) is 11.6 Å². The highest BCUT2D eigenvalue weighted by atomic mass is 16.7. The van der Waals surface area contributed by atoms with E-state index in [0.29, 0.717) is 18.2 Å². The van der Waals surface area contributed by atoms with Gasteiger partial charge in [0.1, 0.15) is 18.5 Å². The van der Waals surface area contributed by atoms with Gasteiger partial charge in [0.05, 0.1) is 6.61 Å². The monoisotopic (exact) mass is 345 g/mol. The molecule has 1 amide bonds. The topological polar surface area (TPSA) is 91.8 Å². The van der Waals surface area contributed by atoms with Crippen LogP contribution >= 0.6 is 0 Å². The zero-order valence-electron chi connectivity index (χ0n) is 14.0. The predicted molar refractivity (Wildman–Crippen MR) is 88.5 cm³/mol. The molecule has 1 aromatic carbocycles. The summed E-state index contributed by atoms with van der Waals surface area (Å²) in [6.07, 6.45) is 0.623. The Hall–Kier alpha value is -2.71. The average Bonchev–Trinajstić information content (AvgIpc) is 2.93. The molecular weight excluding hydrogens is 326 g/mol. The van der Waals surface area contributed by atoms with Crippen LogP contribution in [0.1, 0.15) is 13.8 Å². The van der Waals surface area contributed by atoms with Gasteiger partial charge in [-0.2, -0.15) is 4.98 Å². The molecule has 8 nitrogen and oxygen atoms in total. The molecular formula is C17H19N3O5. The fraction of sp³-hybridized carbons (Fsp3) is 0.353. The first kappa shape index (κ1) is 17.1. The molecule has 1 fully saturated rings. The van der Waals surface area contributed by atoms with Gasteiger partial charge in [-0.3, -0.25) is 5.32 Å². The van der Waals surface area contributed by atoms with Crippen molar-refractivity contribution in [1.29, 1.82) is 0 Å². The first-order valence-electron chi connectivity index (χ1n) is 7.82. The molecule has 0 aliphatic carbocycles. The van der Waals surface area contributed by atoms with Crippen LogP contribution in [0.15, 0.2) is 42.6 Å². The summed E-state index contributed by atoms with van der Waals surface area (Å²) in [6, 6.07) is 10.3. The number of carbonyl (C=O) groups is 1. The molecule has 0 spiro atoms. The lowest BCUT2D eigenvalue weighted by Crippen LogP contribution is -2.25. The maximum atomic E-state index is 11.8. The van der Waals surface area contributed by atoms with Crippen molar-refractivity contribution in [1.82, 2.24) is 9.97 Å². The summed E-state index contributed by atoms with van der Waals surface area (Å²) < 4.78 is 21.8. The molecule has 132 valence electrons. The lowest BCUT2D eigenvalue weighted by molar-refractivity contribution is -0.141. The Kier molecular flexibility index (Phi) is 5.11. The summed E-state index contributed by atoms with van der Waals surface area (Å²) in [7, 11) is 0. The van der Waals surface area contributed by atoms with Gasteiger partial charge in [-0.15, -0.1) is 0 Å². The second-order valence-corrected chi connectivity index (χ2v) is 5.81. The molecule has 0 unspecified atom stereocenters. The average molecular weight is 345 g/mol. The maximum absolute atomic E-state index is 11.8. The Labute approximate surface area is 145 Å². The van der Waals surface area contributed by atoms with Crippen LogP contribution in [0, 0.1) is 0 Å². The highest BCUT2D eigenvalue weighted by Gasteiger charge is 2.33. The summed E-state index contributed by atoms with van der Waals surface area (Å²) >= 11 is 0. The third kappa shape index (κ3) is 5.13. The zero-order chi connectivity index (χ0) is 17.7. The first-order valence-corrected chi connectivity index (χ1v) is 7.82. The van der Waals surface area contributed by atoms with Gasteiger partial charge in [0.15, 0.2) is 5.79 Å². The summed E-state index contributed by atoms with van der Waals surface area (Å²) in [6.45, 7) is 4.43. The predicted octanol–water partition coefficient (Wildman–Crippen LogP) is 2.62. The number of aromatic nitrogens is 2. The lowest BCUT2D eigenvalue weighted by Gasteiger charge is -2.17. The number of nitrogens with one attached hydrogen (secondary N) is 1. The van der Waals surface area contributed by atoms with Crippen molar-refractivity contribution in [2.24, 2.45) is 0 Å². The third-order valence-electron chi connectivity index (χ3n) is 3.28. The molecule has 1 aromatic heterocycles. The van der Waals surface area contributed by atoms with E-state index < -0.39 is 11.9 Å². The van der Waals surface area contributed by atoms with E-state index in [0.717, 1.165) is 0 Å². The van der Waals surface area contributed by atoms with Crippen LogP contribution in [0.25, 0.3) is 0 Å². The number of benzene rings is 1. The van der Waals surface area contributed by atoms with Gasteiger partial charge in [0.25, 0.3) is 0 Å². The van der Waals surface area contributed by atoms with Crippen LogP contribution in [-0.2, 0) is 9.47 Å². The Morgan fingerprint density at radius 1 is 1.32 bits per heavy atom. The molecule has 2 aromatic rings. The van der Waals surface area contributed by atoms with Crippen LogP contribution in [0.2, 0.25) is 0 Å². The Bertz CT molecular complexity index is 723. The van der Waals surface area contributed by atoms with Gasteiger partial charge in [0, 0.05) is 12.3 Å². The largest absolute Gasteiger partial charge is 0.475 e. The number of carbonyl (C=O) groups excluding carboxylic acids is 1. The maximum Gasteiger partial charge on any atom is 0.419 e. The number of ether oxygens (including phenoxy) is 4. The summed E-state index contributed by atoms with van der Waals surface area (Å²) in [4.78, 5) is 19.9. The lowest BCUT2D eigenvalue weighted by atomic mass is 10.3. The molecule has 1 aliphatic heterocycles. The summed E-state index contributed by atoms with van der Waals surface area (Å²) in [5.74, 6) is 0.224. The second kappa shape index (κ2) is 7.45. The molecule has 1 N–H and O–H groups in total. The van der Waals surface area contributed by atoms with Gasteiger partial charge in [0.2, 0.25) is 11.8 Å². The minimum atomic E-state index is -0.683. The van der Waals surface area contributed by atoms with Crippen LogP contribution in [0.4, 0.5) is 10.7 Å². The molecule has 25 heavy (non-hydrogen) atoms. The summed E-state index contributed by atoms with van der Waals surface area (Å²) in [5.41, 5.74) is 0. The molecule has 1 aliphatic rings. The van der Waals surface area contributed by atoms with Gasteiger partial charge >= 0.3 is 6.09 Å². The number of amides is 1. The number of anilines is 1. The van der Waals surface area contributed by atoms with Crippen LogP contribution in [-0.4, -0.2) is 41.2 Å².